The van der Waals surface area contributed by atoms with Crippen LogP contribution in [0.15, 0.2) is 36.4 Å². The van der Waals surface area contributed by atoms with Crippen molar-refractivity contribution in [3.05, 3.63) is 59.2 Å². The van der Waals surface area contributed by atoms with Gasteiger partial charge in [0, 0.05) is 13.1 Å². The van der Waals surface area contributed by atoms with E-state index in [0.717, 1.165) is 24.3 Å². The number of ether oxygens (including phenoxy) is 3. The fourth-order valence-electron chi connectivity index (χ4n) is 2.20. The Labute approximate surface area is 186 Å². The lowest BCUT2D eigenvalue weighted by atomic mass is 10.2. The molecule has 0 fully saturated rings. The molecule has 0 aliphatic rings. The Morgan fingerprint density at radius 1 is 0.909 bits per heavy atom. The first-order chi connectivity index (χ1) is 15.3. The minimum atomic E-state index is -3.09. The fourth-order valence-corrected chi connectivity index (χ4v) is 2.20. The Morgan fingerprint density at radius 2 is 1.36 bits per heavy atom. The van der Waals surface area contributed by atoms with E-state index in [1.807, 2.05) is 0 Å². The maximum Gasteiger partial charge on any atom is 0.407 e. The molecule has 2 aromatic rings. The zero-order chi connectivity index (χ0) is 25.2. The van der Waals surface area contributed by atoms with Crippen LogP contribution in [0.1, 0.15) is 31.9 Å². The smallest absolute Gasteiger partial charge is 0.407 e. The third-order valence-electron chi connectivity index (χ3n) is 3.50. The van der Waals surface area contributed by atoms with Crippen molar-refractivity contribution >= 4 is 6.09 Å². The van der Waals surface area contributed by atoms with Gasteiger partial charge in [0.05, 0.1) is 0 Å². The monoisotopic (exact) mass is 482 g/mol. The minimum Gasteiger partial charge on any atom is -0.444 e. The summed E-state index contributed by atoms with van der Waals surface area (Å²) in [6, 6.07) is 7.09. The molecule has 0 saturated heterocycles. The Bertz CT molecular complexity index is 907. The summed E-state index contributed by atoms with van der Waals surface area (Å²) >= 11 is 0. The van der Waals surface area contributed by atoms with Gasteiger partial charge in [0.15, 0.2) is 23.1 Å². The van der Waals surface area contributed by atoms with Crippen LogP contribution in [0.25, 0.3) is 0 Å². The van der Waals surface area contributed by atoms with Gasteiger partial charge in [0.25, 0.3) is 0 Å². The summed E-state index contributed by atoms with van der Waals surface area (Å²) < 4.78 is 86.4. The zero-order valence-electron chi connectivity index (χ0n) is 18.0. The first-order valence-electron chi connectivity index (χ1n) is 9.44. The van der Waals surface area contributed by atoms with Gasteiger partial charge < -0.3 is 25.3 Å². The standard InChI is InChI=1S/C13H16F3NO3.C8H8F3NO/c1-13(2,3)20-12(18)17-7-8-4-5-10(9(14)6-8)19-11(15)16;9-6-3-5(4-12)1-2-7(6)13-8(10)11/h4-6,11H,7H2,1-3H3,(H,17,18);1-3,8H,4,12H2. The second kappa shape index (κ2) is 12.8. The molecule has 0 bridgehead atoms. The van der Waals surface area contributed by atoms with E-state index in [-0.39, 0.29) is 13.1 Å². The summed E-state index contributed by atoms with van der Waals surface area (Å²) in [4.78, 5) is 11.4. The Balaban J connectivity index is 0.000000361. The van der Waals surface area contributed by atoms with Gasteiger partial charge in [-0.2, -0.15) is 17.6 Å². The molecule has 12 heteroatoms. The van der Waals surface area contributed by atoms with Crippen molar-refractivity contribution in [1.82, 2.24) is 5.32 Å². The van der Waals surface area contributed by atoms with E-state index in [9.17, 15) is 31.1 Å². The highest BCUT2D eigenvalue weighted by atomic mass is 19.3. The molecule has 0 aliphatic heterocycles. The van der Waals surface area contributed by atoms with Crippen molar-refractivity contribution in [2.45, 2.75) is 52.7 Å². The third-order valence-corrected chi connectivity index (χ3v) is 3.50. The van der Waals surface area contributed by atoms with E-state index in [1.165, 1.54) is 12.1 Å². The fraction of sp³-hybridized carbons (Fsp3) is 0.381. The summed E-state index contributed by atoms with van der Waals surface area (Å²) in [6.07, 6.45) is -0.647. The molecule has 0 aliphatic carbocycles. The first kappa shape index (κ1) is 27.9. The molecule has 2 rings (SSSR count). The van der Waals surface area contributed by atoms with Crippen LogP contribution in [0.2, 0.25) is 0 Å². The quantitative estimate of drug-likeness (QED) is 0.521. The van der Waals surface area contributed by atoms with Gasteiger partial charge in [0.1, 0.15) is 5.60 Å². The molecule has 0 radical (unpaired) electrons. The summed E-state index contributed by atoms with van der Waals surface area (Å²) in [5.74, 6) is -2.76. The topological polar surface area (TPSA) is 82.8 Å². The van der Waals surface area contributed by atoms with Gasteiger partial charge in [0.2, 0.25) is 0 Å². The van der Waals surface area contributed by atoms with Gasteiger partial charge >= 0.3 is 19.3 Å². The Morgan fingerprint density at radius 3 is 1.76 bits per heavy atom. The highest BCUT2D eigenvalue weighted by Gasteiger charge is 2.16. The number of rotatable bonds is 7. The van der Waals surface area contributed by atoms with Crippen molar-refractivity contribution in [2.75, 3.05) is 0 Å². The molecule has 0 atom stereocenters. The molecule has 6 nitrogen and oxygen atoms in total. The molecule has 2 aromatic carbocycles. The second-order valence-electron chi connectivity index (χ2n) is 7.35. The van der Waals surface area contributed by atoms with Crippen LogP contribution in [-0.2, 0) is 17.8 Å². The van der Waals surface area contributed by atoms with E-state index < -0.39 is 48.1 Å². The van der Waals surface area contributed by atoms with Gasteiger partial charge in [-0.25, -0.2) is 13.6 Å². The molecule has 0 spiro atoms. The van der Waals surface area contributed by atoms with Crippen molar-refractivity contribution in [3.8, 4) is 11.5 Å². The lowest BCUT2D eigenvalue weighted by molar-refractivity contribution is -0.0528. The largest absolute Gasteiger partial charge is 0.444 e. The average Bonchev–Trinajstić information content (AvgIpc) is 2.68. The van der Waals surface area contributed by atoms with E-state index in [1.54, 1.807) is 20.8 Å². The van der Waals surface area contributed by atoms with Crippen LogP contribution in [0.5, 0.6) is 11.5 Å². The third kappa shape index (κ3) is 11.3. The molecule has 184 valence electrons. The predicted octanol–water partition coefficient (Wildman–Crippen LogP) is 5.34. The van der Waals surface area contributed by atoms with Crippen LogP contribution < -0.4 is 20.5 Å². The second-order valence-corrected chi connectivity index (χ2v) is 7.35. The number of benzene rings is 2. The predicted molar refractivity (Wildman–Crippen MR) is 107 cm³/mol. The molecule has 3 N–H and O–H groups in total. The van der Waals surface area contributed by atoms with Crippen LogP contribution in [0.3, 0.4) is 0 Å². The first-order valence-corrected chi connectivity index (χ1v) is 9.44. The number of carbonyl (C=O) groups is 1. The molecule has 0 aromatic heterocycles. The number of alkyl carbamates (subject to hydrolysis) is 1. The number of alkyl halides is 4. The van der Waals surface area contributed by atoms with E-state index in [0.29, 0.717) is 11.1 Å². The molecular formula is C21H24F6N2O4. The molecule has 1 amide bonds. The molecule has 0 saturated carbocycles. The lowest BCUT2D eigenvalue weighted by Crippen LogP contribution is -2.32. The van der Waals surface area contributed by atoms with Gasteiger partial charge in [-0.05, 0) is 56.2 Å². The van der Waals surface area contributed by atoms with Gasteiger partial charge in [-0.3, -0.25) is 0 Å². The Kier molecular flexibility index (Phi) is 10.8. The zero-order valence-corrected chi connectivity index (χ0v) is 18.0. The van der Waals surface area contributed by atoms with E-state index >= 15 is 0 Å². The minimum absolute atomic E-state index is 0.0147. The number of halogens is 6. The number of hydrogen-bond donors (Lipinski definition) is 2. The SMILES string of the molecule is CC(C)(C)OC(=O)NCc1ccc(OC(F)F)c(F)c1.NCc1ccc(OC(F)F)c(F)c1. The van der Waals surface area contributed by atoms with Crippen molar-refractivity contribution in [1.29, 1.82) is 0 Å². The summed E-state index contributed by atoms with van der Waals surface area (Å²) in [5.41, 5.74) is 5.50. The Hall–Kier alpha value is -3.15. The number of nitrogens with one attached hydrogen (secondary N) is 1. The molecule has 33 heavy (non-hydrogen) atoms. The van der Waals surface area contributed by atoms with E-state index in [2.05, 4.69) is 14.8 Å². The summed E-state index contributed by atoms with van der Waals surface area (Å²) in [6.45, 7) is -0.797. The lowest BCUT2D eigenvalue weighted by Gasteiger charge is -2.19. The van der Waals surface area contributed by atoms with Gasteiger partial charge in [-0.1, -0.05) is 12.1 Å². The highest BCUT2D eigenvalue weighted by Crippen LogP contribution is 2.21. The number of nitrogens with two attached hydrogens (primary N) is 1. The molecular weight excluding hydrogens is 458 g/mol. The van der Waals surface area contributed by atoms with Crippen molar-refractivity contribution in [3.63, 3.8) is 0 Å². The van der Waals surface area contributed by atoms with Crippen LogP contribution >= 0.6 is 0 Å². The maximum atomic E-state index is 13.4. The summed E-state index contributed by atoms with van der Waals surface area (Å²) in [7, 11) is 0. The summed E-state index contributed by atoms with van der Waals surface area (Å²) in [5, 5.41) is 2.43. The number of hydrogen-bond acceptors (Lipinski definition) is 5. The van der Waals surface area contributed by atoms with Crippen LogP contribution in [0.4, 0.5) is 31.1 Å². The normalized spacial score (nSPS) is 11.0. The maximum absolute atomic E-state index is 13.4. The van der Waals surface area contributed by atoms with Crippen molar-refractivity contribution in [2.24, 2.45) is 5.73 Å². The molecule has 0 heterocycles. The van der Waals surface area contributed by atoms with Crippen LogP contribution in [-0.4, -0.2) is 24.9 Å². The number of amides is 1. The van der Waals surface area contributed by atoms with Gasteiger partial charge in [-0.15, -0.1) is 0 Å². The van der Waals surface area contributed by atoms with E-state index in [4.69, 9.17) is 10.5 Å². The average molecular weight is 482 g/mol. The molecule has 0 unspecified atom stereocenters. The number of carbonyl (C=O) groups excluding carboxylic acids is 1. The van der Waals surface area contributed by atoms with Crippen LogP contribution in [0, 0.1) is 11.6 Å². The highest BCUT2D eigenvalue weighted by molar-refractivity contribution is 5.67. The van der Waals surface area contributed by atoms with Crippen molar-refractivity contribution < 1.29 is 45.3 Å².